The van der Waals surface area contributed by atoms with Crippen molar-refractivity contribution in [1.82, 2.24) is 0 Å². The molecule has 0 heterocycles. The number of hydrogen-bond acceptors (Lipinski definition) is 1. The van der Waals surface area contributed by atoms with Crippen molar-refractivity contribution in [2.45, 2.75) is 5.92 Å². The first-order valence-electron chi connectivity index (χ1n) is 3.50. The third-order valence-corrected chi connectivity index (χ3v) is 1.86. The van der Waals surface area contributed by atoms with Gasteiger partial charge in [-0.1, -0.05) is 0 Å². The number of halogens is 6. The van der Waals surface area contributed by atoms with E-state index in [-0.39, 0.29) is 12.1 Å². The van der Waals surface area contributed by atoms with Gasteiger partial charge < -0.3 is 0 Å². The van der Waals surface area contributed by atoms with E-state index >= 15 is 0 Å². The zero-order valence-electron chi connectivity index (χ0n) is 6.83. The summed E-state index contributed by atoms with van der Waals surface area (Å²) < 4.78 is 63.4. The summed E-state index contributed by atoms with van der Waals surface area (Å²) in [5, 5.41) is -2.17. The first-order valence-corrected chi connectivity index (χ1v) is 3.88. The quantitative estimate of drug-likeness (QED) is 0.444. The van der Waals surface area contributed by atoms with Crippen LogP contribution in [0.5, 0.6) is 0 Å². The molecule has 0 aliphatic carbocycles. The summed E-state index contributed by atoms with van der Waals surface area (Å²) in [5.74, 6) is -10.2. The summed E-state index contributed by atoms with van der Waals surface area (Å²) in [5.41, 5.74) is -1.60. The van der Waals surface area contributed by atoms with Gasteiger partial charge >= 0.3 is 5.92 Å². The van der Waals surface area contributed by atoms with E-state index in [9.17, 15) is 26.7 Å². The highest BCUT2D eigenvalue weighted by Crippen LogP contribution is 2.33. The van der Waals surface area contributed by atoms with Gasteiger partial charge in [0.1, 0.15) is 0 Å². The lowest BCUT2D eigenvalue weighted by molar-refractivity contribution is -0.135. The molecule has 1 nitrogen and oxygen atoms in total. The largest absolute Gasteiger partial charge is 0.348 e. The topological polar surface area (TPSA) is 17.1 Å². The van der Waals surface area contributed by atoms with Crippen LogP contribution >= 0.6 is 11.6 Å². The average Bonchev–Trinajstić information content (AvgIpc) is 2.13. The van der Waals surface area contributed by atoms with E-state index in [0.717, 1.165) is 0 Å². The molecule has 0 saturated heterocycles. The van der Waals surface area contributed by atoms with Gasteiger partial charge in [-0.15, -0.1) is 0 Å². The Morgan fingerprint density at radius 1 is 1.13 bits per heavy atom. The minimum Gasteiger partial charge on any atom is -0.274 e. The van der Waals surface area contributed by atoms with Crippen LogP contribution in [0, 0.1) is 17.5 Å². The van der Waals surface area contributed by atoms with Crippen molar-refractivity contribution in [1.29, 1.82) is 0 Å². The molecule has 15 heavy (non-hydrogen) atoms. The Bertz CT molecular complexity index is 418. The summed E-state index contributed by atoms with van der Waals surface area (Å²) >= 11 is 4.50. The lowest BCUT2D eigenvalue weighted by Crippen LogP contribution is -2.23. The van der Waals surface area contributed by atoms with Gasteiger partial charge in [0, 0.05) is 0 Å². The normalized spacial score (nSPS) is 11.6. The molecule has 0 unspecified atom stereocenters. The number of hydrogen-bond donors (Lipinski definition) is 0. The highest BCUT2D eigenvalue weighted by Gasteiger charge is 2.43. The first kappa shape index (κ1) is 11.9. The maximum atomic E-state index is 12.8. The predicted molar refractivity (Wildman–Crippen MR) is 41.1 cm³/mol. The zero-order chi connectivity index (χ0) is 11.8. The van der Waals surface area contributed by atoms with Crippen LogP contribution < -0.4 is 0 Å². The molecule has 0 bridgehead atoms. The van der Waals surface area contributed by atoms with Gasteiger partial charge in [-0.2, -0.15) is 8.78 Å². The maximum absolute atomic E-state index is 12.8. The van der Waals surface area contributed by atoms with Crippen LogP contribution in [0.3, 0.4) is 0 Å². The SMILES string of the molecule is O=C(Cl)C(F)(F)c1ccc(F)c(F)c1F. The third-order valence-electron chi connectivity index (χ3n) is 1.62. The predicted octanol–water partition coefficient (Wildman–Crippen LogP) is 2.96. The van der Waals surface area contributed by atoms with Crippen molar-refractivity contribution < 1.29 is 26.7 Å². The second kappa shape index (κ2) is 3.77. The lowest BCUT2D eigenvalue weighted by Gasteiger charge is -2.12. The molecule has 0 radical (unpaired) electrons. The van der Waals surface area contributed by atoms with Crippen molar-refractivity contribution in [3.63, 3.8) is 0 Å². The van der Waals surface area contributed by atoms with Gasteiger partial charge in [0.2, 0.25) is 0 Å². The van der Waals surface area contributed by atoms with Crippen LogP contribution in [0.2, 0.25) is 0 Å². The van der Waals surface area contributed by atoms with E-state index in [2.05, 4.69) is 11.6 Å². The van der Waals surface area contributed by atoms with Crippen molar-refractivity contribution in [2.75, 3.05) is 0 Å². The van der Waals surface area contributed by atoms with Gasteiger partial charge in [0.25, 0.3) is 5.24 Å². The molecular formula is C8H2ClF5O. The second-order valence-electron chi connectivity index (χ2n) is 2.57. The van der Waals surface area contributed by atoms with E-state index < -0.39 is 34.2 Å². The van der Waals surface area contributed by atoms with E-state index in [1.165, 1.54) is 0 Å². The molecule has 1 rings (SSSR count). The summed E-state index contributed by atoms with van der Waals surface area (Å²) in [6, 6.07) is 0.537. The molecule has 1 aromatic rings. The minimum absolute atomic E-state index is 0.258. The monoisotopic (exact) mass is 244 g/mol. The van der Waals surface area contributed by atoms with Crippen molar-refractivity contribution in [3.8, 4) is 0 Å². The second-order valence-corrected chi connectivity index (χ2v) is 2.91. The van der Waals surface area contributed by atoms with Crippen molar-refractivity contribution in [2.24, 2.45) is 0 Å². The maximum Gasteiger partial charge on any atom is 0.348 e. The van der Waals surface area contributed by atoms with Gasteiger partial charge in [-0.25, -0.2) is 13.2 Å². The number of rotatable bonds is 2. The van der Waals surface area contributed by atoms with E-state index in [1.807, 2.05) is 0 Å². The fourth-order valence-electron chi connectivity index (χ4n) is 0.874. The molecular weight excluding hydrogens is 243 g/mol. The standard InChI is InChI=1S/C8H2ClF5O/c9-7(15)8(13,14)3-1-2-4(10)6(12)5(3)11/h1-2H. The van der Waals surface area contributed by atoms with Gasteiger partial charge in [-0.3, -0.25) is 4.79 Å². The Morgan fingerprint density at radius 2 is 1.67 bits per heavy atom. The zero-order valence-corrected chi connectivity index (χ0v) is 7.59. The summed E-state index contributed by atoms with van der Waals surface area (Å²) in [4.78, 5) is 10.2. The van der Waals surface area contributed by atoms with E-state index in [4.69, 9.17) is 0 Å². The molecule has 82 valence electrons. The van der Waals surface area contributed by atoms with Crippen LogP contribution in [0.15, 0.2) is 12.1 Å². The molecule has 0 spiro atoms. The average molecular weight is 245 g/mol. The van der Waals surface area contributed by atoms with Crippen LogP contribution in [0.25, 0.3) is 0 Å². The molecule has 0 aliphatic heterocycles. The molecule has 1 aromatic carbocycles. The molecule has 0 aromatic heterocycles. The molecule has 0 aliphatic rings. The Hall–Kier alpha value is -1.17. The van der Waals surface area contributed by atoms with Crippen LogP contribution in [0.4, 0.5) is 22.0 Å². The van der Waals surface area contributed by atoms with E-state index in [1.54, 1.807) is 0 Å². The molecule has 0 atom stereocenters. The Morgan fingerprint density at radius 3 is 2.13 bits per heavy atom. The smallest absolute Gasteiger partial charge is 0.274 e. The number of carbonyl (C=O) groups is 1. The number of benzene rings is 1. The molecule has 0 N–H and O–H groups in total. The fraction of sp³-hybridized carbons (Fsp3) is 0.125. The summed E-state index contributed by atoms with van der Waals surface area (Å²) in [7, 11) is 0. The van der Waals surface area contributed by atoms with Gasteiger partial charge in [-0.05, 0) is 23.7 Å². The minimum atomic E-state index is -4.39. The van der Waals surface area contributed by atoms with Crippen LogP contribution in [-0.2, 0) is 10.7 Å². The lowest BCUT2D eigenvalue weighted by atomic mass is 10.1. The Balaban J connectivity index is 3.40. The number of alkyl halides is 2. The molecule has 7 heteroatoms. The van der Waals surface area contributed by atoms with Crippen molar-refractivity contribution in [3.05, 3.63) is 35.1 Å². The van der Waals surface area contributed by atoms with E-state index in [0.29, 0.717) is 0 Å². The Kier molecular flexibility index (Phi) is 2.99. The summed E-state index contributed by atoms with van der Waals surface area (Å²) in [6.45, 7) is 0. The first-order chi connectivity index (χ1) is 6.78. The highest BCUT2D eigenvalue weighted by molar-refractivity contribution is 6.65. The van der Waals surface area contributed by atoms with Crippen molar-refractivity contribution >= 4 is 16.8 Å². The van der Waals surface area contributed by atoms with Gasteiger partial charge in [0.05, 0.1) is 5.56 Å². The highest BCUT2D eigenvalue weighted by atomic mass is 35.5. The van der Waals surface area contributed by atoms with Crippen LogP contribution in [-0.4, -0.2) is 5.24 Å². The fourth-order valence-corrected chi connectivity index (χ4v) is 0.976. The molecule has 0 amide bonds. The third kappa shape index (κ3) is 1.94. The molecule has 0 fully saturated rings. The number of carbonyl (C=O) groups excluding carboxylic acids is 1. The molecule has 0 saturated carbocycles. The summed E-state index contributed by atoms with van der Waals surface area (Å²) in [6.07, 6.45) is 0. The Labute approximate surface area is 85.5 Å². The van der Waals surface area contributed by atoms with Crippen LogP contribution in [0.1, 0.15) is 5.56 Å². The van der Waals surface area contributed by atoms with Gasteiger partial charge in [0.15, 0.2) is 17.5 Å².